The van der Waals surface area contributed by atoms with Crippen LogP contribution in [0.5, 0.6) is 0 Å². The Hall–Kier alpha value is -1.65. The molecule has 1 heterocycles. The van der Waals surface area contributed by atoms with E-state index in [1.54, 1.807) is 12.1 Å². The zero-order chi connectivity index (χ0) is 12.3. The summed E-state index contributed by atoms with van der Waals surface area (Å²) in [6, 6.07) is 7.34. The molecule has 86 valence electrons. The van der Waals surface area contributed by atoms with E-state index in [1.807, 2.05) is 17.5 Å². The summed E-state index contributed by atoms with van der Waals surface area (Å²) < 4.78 is 0. The summed E-state index contributed by atoms with van der Waals surface area (Å²) >= 11 is 7.19. The standard InChI is InChI=1S/C12H8ClNO2S/c13-9-3-1-8(2-4-9)10-7-17-11(14-10)5-6-12(15)16/h1-7H,(H,15,16)/b6-5+. The van der Waals surface area contributed by atoms with Crippen LogP contribution in [0.15, 0.2) is 35.7 Å². The lowest BCUT2D eigenvalue weighted by Crippen LogP contribution is -1.85. The van der Waals surface area contributed by atoms with Crippen LogP contribution in [0.3, 0.4) is 0 Å². The number of carbonyl (C=O) groups is 1. The van der Waals surface area contributed by atoms with Gasteiger partial charge in [0.25, 0.3) is 0 Å². The Labute approximate surface area is 107 Å². The molecule has 1 aromatic carbocycles. The van der Waals surface area contributed by atoms with Crippen LogP contribution in [0, 0.1) is 0 Å². The summed E-state index contributed by atoms with van der Waals surface area (Å²) in [5.41, 5.74) is 1.78. The van der Waals surface area contributed by atoms with Gasteiger partial charge in [-0.2, -0.15) is 0 Å². The van der Waals surface area contributed by atoms with E-state index in [4.69, 9.17) is 16.7 Å². The van der Waals surface area contributed by atoms with Gasteiger partial charge in [-0.25, -0.2) is 9.78 Å². The van der Waals surface area contributed by atoms with Gasteiger partial charge >= 0.3 is 5.97 Å². The van der Waals surface area contributed by atoms with Crippen molar-refractivity contribution in [3.63, 3.8) is 0 Å². The molecular formula is C12H8ClNO2S. The average molecular weight is 266 g/mol. The van der Waals surface area contributed by atoms with Crippen molar-refractivity contribution in [1.82, 2.24) is 4.98 Å². The van der Waals surface area contributed by atoms with Crippen molar-refractivity contribution < 1.29 is 9.90 Å². The number of benzene rings is 1. The smallest absolute Gasteiger partial charge is 0.328 e. The highest BCUT2D eigenvalue weighted by Crippen LogP contribution is 2.23. The summed E-state index contributed by atoms with van der Waals surface area (Å²) in [5.74, 6) is -0.978. The maximum atomic E-state index is 10.4. The molecule has 5 heteroatoms. The van der Waals surface area contributed by atoms with Crippen molar-refractivity contribution in [1.29, 1.82) is 0 Å². The summed E-state index contributed by atoms with van der Waals surface area (Å²) in [4.78, 5) is 14.7. The number of thiazole rings is 1. The summed E-state index contributed by atoms with van der Waals surface area (Å²) in [5, 5.41) is 11.7. The second-order valence-corrected chi connectivity index (χ2v) is 4.58. The highest BCUT2D eigenvalue weighted by molar-refractivity contribution is 7.10. The molecule has 0 fully saturated rings. The van der Waals surface area contributed by atoms with Crippen LogP contribution in [0.1, 0.15) is 5.01 Å². The molecule has 0 saturated heterocycles. The third-order valence-corrected chi connectivity index (χ3v) is 3.09. The first-order valence-corrected chi connectivity index (χ1v) is 6.03. The quantitative estimate of drug-likeness (QED) is 0.864. The van der Waals surface area contributed by atoms with Crippen LogP contribution in [0.2, 0.25) is 5.02 Å². The minimum absolute atomic E-state index is 0.664. The van der Waals surface area contributed by atoms with Crippen molar-refractivity contribution in [3.8, 4) is 11.3 Å². The molecular weight excluding hydrogens is 258 g/mol. The van der Waals surface area contributed by atoms with Crippen LogP contribution in [0.25, 0.3) is 17.3 Å². The first kappa shape index (κ1) is 11.8. The van der Waals surface area contributed by atoms with Gasteiger partial charge in [0, 0.05) is 22.0 Å². The predicted molar refractivity (Wildman–Crippen MR) is 69.2 cm³/mol. The summed E-state index contributed by atoms with van der Waals surface area (Å²) in [6.07, 6.45) is 2.55. The zero-order valence-corrected chi connectivity index (χ0v) is 10.2. The summed E-state index contributed by atoms with van der Waals surface area (Å²) in [6.45, 7) is 0. The number of halogens is 1. The van der Waals surface area contributed by atoms with Crippen molar-refractivity contribution in [2.75, 3.05) is 0 Å². The second-order valence-electron chi connectivity index (χ2n) is 3.25. The molecule has 0 unspecified atom stereocenters. The van der Waals surface area contributed by atoms with Gasteiger partial charge in [0.1, 0.15) is 5.01 Å². The number of aliphatic carboxylic acids is 1. The van der Waals surface area contributed by atoms with Crippen molar-refractivity contribution in [3.05, 3.63) is 45.8 Å². The number of carboxylic acids is 1. The molecule has 0 aliphatic heterocycles. The van der Waals surface area contributed by atoms with E-state index >= 15 is 0 Å². The number of hydrogen-bond acceptors (Lipinski definition) is 3. The average Bonchev–Trinajstić information content (AvgIpc) is 2.76. The number of rotatable bonds is 3. The molecule has 0 aliphatic carbocycles. The molecule has 0 bridgehead atoms. The van der Waals surface area contributed by atoms with E-state index in [2.05, 4.69) is 4.98 Å². The molecule has 17 heavy (non-hydrogen) atoms. The van der Waals surface area contributed by atoms with Crippen LogP contribution >= 0.6 is 22.9 Å². The highest BCUT2D eigenvalue weighted by atomic mass is 35.5. The molecule has 0 aliphatic rings. The number of nitrogens with zero attached hydrogens (tertiary/aromatic N) is 1. The Morgan fingerprint density at radius 2 is 2.06 bits per heavy atom. The third-order valence-electron chi connectivity index (χ3n) is 2.03. The fraction of sp³-hybridized carbons (Fsp3) is 0. The fourth-order valence-electron chi connectivity index (χ4n) is 1.26. The minimum atomic E-state index is -0.978. The van der Waals surface area contributed by atoms with E-state index in [-0.39, 0.29) is 0 Å². The third kappa shape index (κ3) is 3.15. The predicted octanol–water partition coefficient (Wildman–Crippen LogP) is 3.56. The Morgan fingerprint density at radius 1 is 1.35 bits per heavy atom. The van der Waals surface area contributed by atoms with Crippen molar-refractivity contribution in [2.24, 2.45) is 0 Å². The Balaban J connectivity index is 2.23. The second kappa shape index (κ2) is 5.12. The molecule has 0 spiro atoms. The molecule has 0 radical (unpaired) electrons. The largest absolute Gasteiger partial charge is 0.478 e. The van der Waals surface area contributed by atoms with E-state index in [0.29, 0.717) is 10.0 Å². The molecule has 3 nitrogen and oxygen atoms in total. The van der Waals surface area contributed by atoms with Crippen LogP contribution in [0.4, 0.5) is 0 Å². The Bertz CT molecular complexity index is 560. The van der Waals surface area contributed by atoms with Crippen molar-refractivity contribution in [2.45, 2.75) is 0 Å². The van der Waals surface area contributed by atoms with Crippen LogP contribution < -0.4 is 0 Å². The first-order chi connectivity index (χ1) is 8.15. The molecule has 0 atom stereocenters. The normalized spacial score (nSPS) is 10.9. The molecule has 1 aromatic heterocycles. The van der Waals surface area contributed by atoms with Crippen LogP contribution in [-0.4, -0.2) is 16.1 Å². The molecule has 0 saturated carbocycles. The van der Waals surface area contributed by atoms with Gasteiger partial charge in [-0.1, -0.05) is 23.7 Å². The molecule has 2 rings (SSSR count). The number of hydrogen-bond donors (Lipinski definition) is 1. The van der Waals surface area contributed by atoms with E-state index < -0.39 is 5.97 Å². The molecule has 0 amide bonds. The van der Waals surface area contributed by atoms with E-state index in [0.717, 1.165) is 17.3 Å². The minimum Gasteiger partial charge on any atom is -0.478 e. The van der Waals surface area contributed by atoms with Gasteiger partial charge < -0.3 is 5.11 Å². The lowest BCUT2D eigenvalue weighted by atomic mass is 10.2. The fourth-order valence-corrected chi connectivity index (χ4v) is 2.10. The van der Waals surface area contributed by atoms with Gasteiger partial charge in [-0.05, 0) is 18.2 Å². The van der Waals surface area contributed by atoms with Crippen LogP contribution in [-0.2, 0) is 4.79 Å². The Kier molecular flexibility index (Phi) is 3.56. The number of aromatic nitrogens is 1. The highest BCUT2D eigenvalue weighted by Gasteiger charge is 2.02. The zero-order valence-electron chi connectivity index (χ0n) is 8.63. The number of carboxylic acid groups (broad SMARTS) is 1. The first-order valence-electron chi connectivity index (χ1n) is 4.77. The monoisotopic (exact) mass is 265 g/mol. The van der Waals surface area contributed by atoms with Gasteiger partial charge in [-0.15, -0.1) is 11.3 Å². The lowest BCUT2D eigenvalue weighted by Gasteiger charge is -1.95. The van der Waals surface area contributed by atoms with E-state index in [1.165, 1.54) is 17.4 Å². The van der Waals surface area contributed by atoms with Gasteiger partial charge in [0.2, 0.25) is 0 Å². The van der Waals surface area contributed by atoms with Gasteiger partial charge in [0.05, 0.1) is 5.69 Å². The SMILES string of the molecule is O=C(O)/C=C/c1nc(-c2ccc(Cl)cc2)cs1. The Morgan fingerprint density at radius 3 is 2.71 bits per heavy atom. The molecule has 1 N–H and O–H groups in total. The van der Waals surface area contributed by atoms with E-state index in [9.17, 15) is 4.79 Å². The topological polar surface area (TPSA) is 50.2 Å². The van der Waals surface area contributed by atoms with Gasteiger partial charge in [0.15, 0.2) is 0 Å². The molecule has 2 aromatic rings. The maximum absolute atomic E-state index is 10.4. The maximum Gasteiger partial charge on any atom is 0.328 e. The lowest BCUT2D eigenvalue weighted by molar-refractivity contribution is -0.131. The summed E-state index contributed by atoms with van der Waals surface area (Å²) in [7, 11) is 0. The van der Waals surface area contributed by atoms with Crippen molar-refractivity contribution >= 4 is 35.0 Å². The van der Waals surface area contributed by atoms with Gasteiger partial charge in [-0.3, -0.25) is 0 Å².